The lowest BCUT2D eigenvalue weighted by molar-refractivity contribution is 0.386. The van der Waals surface area contributed by atoms with Crippen LogP contribution in [0.5, 0.6) is 23.0 Å². The zero-order chi connectivity index (χ0) is 17.8. The van der Waals surface area contributed by atoms with E-state index in [1.54, 1.807) is 19.4 Å². The monoisotopic (exact) mass is 338 g/mol. The van der Waals surface area contributed by atoms with Gasteiger partial charge in [-0.05, 0) is 17.7 Å². The fourth-order valence-electron chi connectivity index (χ4n) is 2.60. The number of hydrogen-bond donors (Lipinski definition) is 1. The van der Waals surface area contributed by atoms with E-state index in [1.165, 1.54) is 26.6 Å². The second-order valence-corrected chi connectivity index (χ2v) is 5.24. The number of hydrogen-bond acceptors (Lipinski definition) is 6. The van der Waals surface area contributed by atoms with E-state index in [0.717, 1.165) is 16.9 Å². The highest BCUT2D eigenvalue weighted by Crippen LogP contribution is 2.43. The summed E-state index contributed by atoms with van der Waals surface area (Å²) in [5.41, 5.74) is 2.71. The molecule has 0 aliphatic heterocycles. The van der Waals surface area contributed by atoms with Crippen molar-refractivity contribution in [3.8, 4) is 45.4 Å². The lowest BCUT2D eigenvalue weighted by Gasteiger charge is -2.15. The van der Waals surface area contributed by atoms with Crippen LogP contribution in [-0.2, 0) is 0 Å². The molecule has 128 valence electrons. The highest BCUT2D eigenvalue weighted by atomic mass is 16.5. The summed E-state index contributed by atoms with van der Waals surface area (Å²) in [6, 6.07) is 10.8. The van der Waals surface area contributed by atoms with Crippen molar-refractivity contribution in [2.45, 2.75) is 0 Å². The molecule has 3 aromatic rings. The molecule has 0 atom stereocenters. The van der Waals surface area contributed by atoms with Gasteiger partial charge in [-0.25, -0.2) is 9.97 Å². The minimum absolute atomic E-state index is 0.0182. The van der Waals surface area contributed by atoms with Gasteiger partial charge in [0, 0.05) is 23.9 Å². The topological polar surface area (TPSA) is 73.7 Å². The van der Waals surface area contributed by atoms with Gasteiger partial charge in [0.2, 0.25) is 0 Å². The van der Waals surface area contributed by atoms with Crippen LogP contribution < -0.4 is 14.2 Å². The minimum atomic E-state index is 0.0182. The molecule has 0 unspecified atom stereocenters. The summed E-state index contributed by atoms with van der Waals surface area (Å²) >= 11 is 0. The van der Waals surface area contributed by atoms with Crippen molar-refractivity contribution in [3.63, 3.8) is 0 Å². The first-order valence-corrected chi connectivity index (χ1v) is 7.57. The van der Waals surface area contributed by atoms with Crippen LogP contribution in [0.3, 0.4) is 0 Å². The first-order chi connectivity index (χ1) is 12.2. The molecule has 0 spiro atoms. The summed E-state index contributed by atoms with van der Waals surface area (Å²) < 4.78 is 15.8. The van der Waals surface area contributed by atoms with Gasteiger partial charge in [-0.3, -0.25) is 0 Å². The maximum Gasteiger partial charge on any atom is 0.135 e. The van der Waals surface area contributed by atoms with E-state index in [9.17, 15) is 5.11 Å². The number of aromatic hydroxyl groups is 1. The number of benzene rings is 2. The molecule has 6 heteroatoms. The number of rotatable bonds is 5. The Labute approximate surface area is 145 Å². The highest BCUT2D eigenvalue weighted by Gasteiger charge is 2.19. The predicted octanol–water partition coefficient (Wildman–Crippen LogP) is 3.54. The van der Waals surface area contributed by atoms with Crippen LogP contribution in [0.1, 0.15) is 0 Å². The number of aromatic nitrogens is 2. The predicted molar refractivity (Wildman–Crippen MR) is 94.2 cm³/mol. The summed E-state index contributed by atoms with van der Waals surface area (Å²) in [6.07, 6.45) is 3.14. The summed E-state index contributed by atoms with van der Waals surface area (Å²) in [5.74, 6) is 1.74. The number of methoxy groups -OCH3 is 3. The van der Waals surface area contributed by atoms with Gasteiger partial charge in [0.25, 0.3) is 0 Å². The molecule has 3 rings (SSSR count). The molecule has 2 aromatic carbocycles. The molecular weight excluding hydrogens is 320 g/mol. The van der Waals surface area contributed by atoms with Crippen molar-refractivity contribution >= 4 is 0 Å². The van der Waals surface area contributed by atoms with Gasteiger partial charge in [0.05, 0.1) is 32.6 Å². The Morgan fingerprint density at radius 2 is 1.60 bits per heavy atom. The molecule has 25 heavy (non-hydrogen) atoms. The molecule has 0 radical (unpaired) electrons. The number of phenolic OH excluding ortho intramolecular Hbond substituents is 1. The molecule has 0 bridgehead atoms. The first-order valence-electron chi connectivity index (χ1n) is 7.57. The van der Waals surface area contributed by atoms with Crippen LogP contribution in [0.2, 0.25) is 0 Å². The summed E-state index contributed by atoms with van der Waals surface area (Å²) in [5, 5.41) is 10.5. The van der Waals surface area contributed by atoms with Gasteiger partial charge in [0.1, 0.15) is 29.3 Å². The van der Waals surface area contributed by atoms with E-state index in [-0.39, 0.29) is 5.75 Å². The molecule has 0 saturated carbocycles. The first kappa shape index (κ1) is 16.6. The smallest absolute Gasteiger partial charge is 0.135 e. The third-order valence-corrected chi connectivity index (χ3v) is 3.86. The molecule has 1 aromatic heterocycles. The molecule has 6 nitrogen and oxygen atoms in total. The van der Waals surface area contributed by atoms with E-state index in [4.69, 9.17) is 14.2 Å². The highest BCUT2D eigenvalue weighted by molar-refractivity contribution is 5.86. The molecule has 1 N–H and O–H groups in total. The van der Waals surface area contributed by atoms with Gasteiger partial charge in [-0.15, -0.1) is 0 Å². The van der Waals surface area contributed by atoms with Crippen LogP contribution in [0.15, 0.2) is 48.9 Å². The second kappa shape index (κ2) is 7.09. The Morgan fingerprint density at radius 3 is 2.24 bits per heavy atom. The average molecular weight is 338 g/mol. The van der Waals surface area contributed by atoms with Crippen molar-refractivity contribution in [2.24, 2.45) is 0 Å². The largest absolute Gasteiger partial charge is 0.507 e. The molecule has 0 amide bonds. The fraction of sp³-hybridized carbons (Fsp3) is 0.158. The molecule has 0 saturated heterocycles. The standard InChI is InChI=1S/C19H18N2O4/c1-23-13-6-4-12(5-7-13)15-10-20-11-21-19(15)18-16(22)8-14(24-2)9-17(18)25-3/h4-11,22H,1-3H3. The second-order valence-electron chi connectivity index (χ2n) is 5.24. The third-order valence-electron chi connectivity index (χ3n) is 3.86. The van der Waals surface area contributed by atoms with Gasteiger partial charge >= 0.3 is 0 Å². The van der Waals surface area contributed by atoms with Crippen LogP contribution in [-0.4, -0.2) is 36.4 Å². The van der Waals surface area contributed by atoms with E-state index >= 15 is 0 Å². The Kier molecular flexibility index (Phi) is 4.70. The Morgan fingerprint density at radius 1 is 0.880 bits per heavy atom. The van der Waals surface area contributed by atoms with Gasteiger partial charge in [-0.2, -0.15) is 0 Å². The molecule has 1 heterocycles. The van der Waals surface area contributed by atoms with Gasteiger partial charge in [-0.1, -0.05) is 12.1 Å². The van der Waals surface area contributed by atoms with E-state index in [0.29, 0.717) is 22.8 Å². The summed E-state index contributed by atoms with van der Waals surface area (Å²) in [6.45, 7) is 0. The number of ether oxygens (including phenoxy) is 3. The lowest BCUT2D eigenvalue weighted by Crippen LogP contribution is -1.96. The number of phenols is 1. The zero-order valence-electron chi connectivity index (χ0n) is 14.2. The van der Waals surface area contributed by atoms with Crippen molar-refractivity contribution in [1.82, 2.24) is 9.97 Å². The molecule has 0 aliphatic rings. The molecule has 0 aliphatic carbocycles. The zero-order valence-corrected chi connectivity index (χ0v) is 14.2. The van der Waals surface area contributed by atoms with Crippen LogP contribution in [0.25, 0.3) is 22.4 Å². The fourth-order valence-corrected chi connectivity index (χ4v) is 2.60. The average Bonchev–Trinajstić information content (AvgIpc) is 2.67. The lowest BCUT2D eigenvalue weighted by atomic mass is 9.99. The third kappa shape index (κ3) is 3.19. The van der Waals surface area contributed by atoms with E-state index in [1.807, 2.05) is 24.3 Å². The normalized spacial score (nSPS) is 10.4. The molecular formula is C19H18N2O4. The quantitative estimate of drug-likeness (QED) is 0.767. The summed E-state index contributed by atoms with van der Waals surface area (Å²) in [4.78, 5) is 8.49. The van der Waals surface area contributed by atoms with Crippen LogP contribution in [0.4, 0.5) is 0 Å². The van der Waals surface area contributed by atoms with Crippen molar-refractivity contribution in [1.29, 1.82) is 0 Å². The maximum absolute atomic E-state index is 10.5. The maximum atomic E-state index is 10.5. The van der Waals surface area contributed by atoms with Crippen LogP contribution in [0, 0.1) is 0 Å². The van der Waals surface area contributed by atoms with Gasteiger partial charge < -0.3 is 19.3 Å². The van der Waals surface area contributed by atoms with Crippen molar-refractivity contribution < 1.29 is 19.3 Å². The van der Waals surface area contributed by atoms with Crippen LogP contribution >= 0.6 is 0 Å². The number of nitrogens with zero attached hydrogens (tertiary/aromatic N) is 2. The molecule has 0 fully saturated rings. The SMILES string of the molecule is COc1ccc(-c2cncnc2-c2c(O)cc(OC)cc2OC)cc1. The Hall–Kier alpha value is -3.28. The Bertz CT molecular complexity index is 879. The van der Waals surface area contributed by atoms with E-state index in [2.05, 4.69) is 9.97 Å². The van der Waals surface area contributed by atoms with Crippen molar-refractivity contribution in [3.05, 3.63) is 48.9 Å². The van der Waals surface area contributed by atoms with Gasteiger partial charge in [0.15, 0.2) is 0 Å². The Balaban J connectivity index is 2.19. The minimum Gasteiger partial charge on any atom is -0.507 e. The van der Waals surface area contributed by atoms with E-state index < -0.39 is 0 Å². The van der Waals surface area contributed by atoms with Crippen molar-refractivity contribution in [2.75, 3.05) is 21.3 Å². The summed E-state index contributed by atoms with van der Waals surface area (Å²) in [7, 11) is 4.68.